The maximum Gasteiger partial charge on any atom is 0.266 e. The first-order chi connectivity index (χ1) is 7.13. The lowest BCUT2D eigenvalue weighted by Crippen LogP contribution is -1.83. The summed E-state index contributed by atoms with van der Waals surface area (Å²) in [4.78, 5) is 0. The second-order valence-corrected chi connectivity index (χ2v) is 4.11. The average molecular weight is 242 g/mol. The number of thioether (sulfide) groups is 1. The van der Waals surface area contributed by atoms with Gasteiger partial charge >= 0.3 is 0 Å². The number of allylic oxidation sites excluding steroid dienone is 2. The maximum absolute atomic E-state index is 11.6. The van der Waals surface area contributed by atoms with Gasteiger partial charge in [0.05, 0.1) is 0 Å². The van der Waals surface area contributed by atoms with Crippen LogP contribution < -0.4 is 0 Å². The van der Waals surface area contributed by atoms with Gasteiger partial charge < -0.3 is 0 Å². The van der Waals surface area contributed by atoms with Crippen LogP contribution in [0, 0.1) is 0 Å². The number of halogens is 4. The summed E-state index contributed by atoms with van der Waals surface area (Å²) in [5.41, 5.74) is 0. The van der Waals surface area contributed by atoms with Crippen molar-refractivity contribution in [2.24, 2.45) is 0 Å². The summed E-state index contributed by atoms with van der Waals surface area (Å²) < 4.78 is 46.3. The lowest BCUT2D eigenvalue weighted by molar-refractivity contribution is 0.416. The molecule has 0 aliphatic rings. The van der Waals surface area contributed by atoms with Gasteiger partial charge in [0.1, 0.15) is 0 Å². The molecule has 0 aliphatic heterocycles. The number of rotatable bonds is 8. The highest BCUT2D eigenvalue weighted by Crippen LogP contribution is 2.11. The van der Waals surface area contributed by atoms with Gasteiger partial charge in [-0.05, 0) is 49.3 Å². The molecule has 0 rings (SSSR count). The molecule has 0 amide bonds. The first-order valence-corrected chi connectivity index (χ1v) is 5.88. The standard InChI is InChI=1S/C10H14F4S/c11-9(12)5-1-3-7-15-8-4-2-6-10(13)14/h5-6H,1-4,7-8H2. The summed E-state index contributed by atoms with van der Waals surface area (Å²) in [5.74, 6) is 1.59. The van der Waals surface area contributed by atoms with E-state index in [0.29, 0.717) is 25.7 Å². The molecule has 0 aromatic carbocycles. The van der Waals surface area contributed by atoms with E-state index in [1.807, 2.05) is 0 Å². The Morgan fingerprint density at radius 2 is 1.20 bits per heavy atom. The van der Waals surface area contributed by atoms with Crippen molar-refractivity contribution in [3.05, 3.63) is 24.3 Å². The van der Waals surface area contributed by atoms with Crippen molar-refractivity contribution in [1.82, 2.24) is 0 Å². The first kappa shape index (κ1) is 14.6. The highest BCUT2D eigenvalue weighted by Gasteiger charge is 1.92. The SMILES string of the molecule is FC(F)=CCCCSCCCC=C(F)F. The molecule has 5 heteroatoms. The van der Waals surface area contributed by atoms with Gasteiger partial charge in [0, 0.05) is 0 Å². The Kier molecular flexibility index (Phi) is 9.78. The maximum atomic E-state index is 11.6. The van der Waals surface area contributed by atoms with E-state index in [1.54, 1.807) is 11.8 Å². The predicted molar refractivity (Wildman–Crippen MR) is 56.4 cm³/mol. The van der Waals surface area contributed by atoms with Crippen molar-refractivity contribution in [2.75, 3.05) is 11.5 Å². The second-order valence-electron chi connectivity index (χ2n) is 2.88. The summed E-state index contributed by atoms with van der Waals surface area (Å²) in [6.07, 6.45) is 0.712. The van der Waals surface area contributed by atoms with Gasteiger partial charge in [0.2, 0.25) is 0 Å². The van der Waals surface area contributed by atoms with Gasteiger partial charge in [-0.25, -0.2) is 0 Å². The van der Waals surface area contributed by atoms with Crippen LogP contribution in [0.4, 0.5) is 17.6 Å². The van der Waals surface area contributed by atoms with Gasteiger partial charge in [0.15, 0.2) is 0 Å². The summed E-state index contributed by atoms with van der Waals surface area (Å²) in [6, 6.07) is 0. The number of hydrogen-bond donors (Lipinski definition) is 0. The van der Waals surface area contributed by atoms with Crippen LogP contribution >= 0.6 is 11.8 Å². The minimum absolute atomic E-state index is 0.383. The van der Waals surface area contributed by atoms with E-state index in [4.69, 9.17) is 0 Å². The van der Waals surface area contributed by atoms with E-state index in [1.165, 1.54) is 0 Å². The molecule has 0 atom stereocenters. The van der Waals surface area contributed by atoms with Gasteiger partial charge in [-0.15, -0.1) is 0 Å². The topological polar surface area (TPSA) is 0 Å². The Bertz CT molecular complexity index is 183. The molecule has 0 unspecified atom stereocenters. The van der Waals surface area contributed by atoms with Gasteiger partial charge in [-0.2, -0.15) is 29.3 Å². The molecule has 0 spiro atoms. The number of unbranched alkanes of at least 4 members (excludes halogenated alkanes) is 2. The van der Waals surface area contributed by atoms with Crippen LogP contribution in [-0.2, 0) is 0 Å². The molecular weight excluding hydrogens is 228 g/mol. The van der Waals surface area contributed by atoms with Gasteiger partial charge in [0.25, 0.3) is 12.2 Å². The Balaban J connectivity index is 3.12. The molecule has 0 aromatic heterocycles. The largest absolute Gasteiger partial charge is 0.266 e. The van der Waals surface area contributed by atoms with Crippen molar-refractivity contribution >= 4 is 11.8 Å². The third kappa shape index (κ3) is 13.6. The van der Waals surface area contributed by atoms with E-state index in [-0.39, 0.29) is 0 Å². The molecule has 15 heavy (non-hydrogen) atoms. The zero-order valence-electron chi connectivity index (χ0n) is 8.32. The van der Waals surface area contributed by atoms with E-state index >= 15 is 0 Å². The summed E-state index contributed by atoms with van der Waals surface area (Å²) in [6.45, 7) is 0. The molecule has 0 nitrogen and oxygen atoms in total. The zero-order valence-corrected chi connectivity index (χ0v) is 9.13. The fourth-order valence-electron chi connectivity index (χ4n) is 0.895. The third-order valence-electron chi connectivity index (χ3n) is 1.58. The average Bonchev–Trinajstić information content (AvgIpc) is 2.14. The van der Waals surface area contributed by atoms with Gasteiger partial charge in [-0.1, -0.05) is 0 Å². The highest BCUT2D eigenvalue weighted by molar-refractivity contribution is 7.99. The molecular formula is C10H14F4S. The molecule has 0 aliphatic carbocycles. The van der Waals surface area contributed by atoms with Crippen LogP contribution in [0.5, 0.6) is 0 Å². The Labute approximate surface area is 91.4 Å². The lowest BCUT2D eigenvalue weighted by Gasteiger charge is -1.97. The van der Waals surface area contributed by atoms with Crippen LogP contribution in [0.2, 0.25) is 0 Å². The Morgan fingerprint density at radius 1 is 0.800 bits per heavy atom. The molecule has 0 saturated carbocycles. The Hall–Kier alpha value is -0.450. The molecule has 0 saturated heterocycles. The molecule has 0 heterocycles. The van der Waals surface area contributed by atoms with Crippen molar-refractivity contribution < 1.29 is 17.6 Å². The van der Waals surface area contributed by atoms with Crippen LogP contribution in [0.3, 0.4) is 0 Å². The van der Waals surface area contributed by atoms with E-state index in [9.17, 15) is 17.6 Å². The lowest BCUT2D eigenvalue weighted by atomic mass is 10.3. The van der Waals surface area contributed by atoms with Crippen LogP contribution in [0.15, 0.2) is 24.3 Å². The van der Waals surface area contributed by atoms with E-state index in [0.717, 1.165) is 23.7 Å². The van der Waals surface area contributed by atoms with Crippen molar-refractivity contribution in [3.63, 3.8) is 0 Å². The minimum atomic E-state index is -1.64. The zero-order chi connectivity index (χ0) is 11.5. The molecule has 0 aromatic rings. The normalized spacial score (nSPS) is 9.87. The van der Waals surface area contributed by atoms with Crippen molar-refractivity contribution in [3.8, 4) is 0 Å². The smallest absolute Gasteiger partial charge is 0.174 e. The molecule has 0 bridgehead atoms. The molecule has 0 radical (unpaired) electrons. The van der Waals surface area contributed by atoms with Crippen molar-refractivity contribution in [2.45, 2.75) is 25.7 Å². The van der Waals surface area contributed by atoms with Crippen LogP contribution in [0.1, 0.15) is 25.7 Å². The number of hydrogen-bond acceptors (Lipinski definition) is 1. The molecule has 88 valence electrons. The summed E-state index contributed by atoms with van der Waals surface area (Å²) in [5, 5.41) is 0. The third-order valence-corrected chi connectivity index (χ3v) is 2.74. The van der Waals surface area contributed by atoms with E-state index in [2.05, 4.69) is 0 Å². The summed E-state index contributed by atoms with van der Waals surface area (Å²) in [7, 11) is 0. The van der Waals surface area contributed by atoms with Crippen LogP contribution in [0.25, 0.3) is 0 Å². The quantitative estimate of drug-likeness (QED) is 0.433. The Morgan fingerprint density at radius 3 is 1.53 bits per heavy atom. The predicted octanol–water partition coefficient (Wildman–Crippen LogP) is 4.84. The molecule has 0 N–H and O–H groups in total. The first-order valence-electron chi connectivity index (χ1n) is 4.73. The van der Waals surface area contributed by atoms with E-state index < -0.39 is 12.2 Å². The molecule has 0 fully saturated rings. The summed E-state index contributed by atoms with van der Waals surface area (Å²) >= 11 is 1.61. The fraction of sp³-hybridized carbons (Fsp3) is 0.600. The monoisotopic (exact) mass is 242 g/mol. The second kappa shape index (κ2) is 10.1. The van der Waals surface area contributed by atoms with Crippen molar-refractivity contribution in [1.29, 1.82) is 0 Å². The minimum Gasteiger partial charge on any atom is -0.174 e. The van der Waals surface area contributed by atoms with Gasteiger partial charge in [-0.3, -0.25) is 0 Å². The highest BCUT2D eigenvalue weighted by atomic mass is 32.2. The van der Waals surface area contributed by atoms with Crippen LogP contribution in [-0.4, -0.2) is 11.5 Å². The fourth-order valence-corrected chi connectivity index (χ4v) is 1.84.